The van der Waals surface area contributed by atoms with Crippen LogP contribution in [0.15, 0.2) is 28.8 Å². The Morgan fingerprint density at radius 2 is 2.33 bits per heavy atom. The van der Waals surface area contributed by atoms with E-state index in [1.807, 2.05) is 13.0 Å². The molecule has 0 aliphatic carbocycles. The first-order chi connectivity index (χ1) is 8.72. The van der Waals surface area contributed by atoms with Crippen LogP contribution in [-0.2, 0) is 13.0 Å². The van der Waals surface area contributed by atoms with E-state index in [1.54, 1.807) is 24.4 Å². The summed E-state index contributed by atoms with van der Waals surface area (Å²) in [6, 6.07) is 7.24. The third-order valence-corrected chi connectivity index (χ3v) is 2.57. The van der Waals surface area contributed by atoms with E-state index in [0.717, 1.165) is 17.9 Å². The molecule has 0 amide bonds. The Morgan fingerprint density at radius 1 is 1.50 bits per heavy atom. The van der Waals surface area contributed by atoms with E-state index in [4.69, 9.17) is 15.4 Å². The van der Waals surface area contributed by atoms with Gasteiger partial charge in [-0.1, -0.05) is 6.92 Å². The van der Waals surface area contributed by atoms with Crippen molar-refractivity contribution in [3.63, 3.8) is 0 Å². The molecule has 0 aliphatic heterocycles. The third kappa shape index (κ3) is 2.61. The summed E-state index contributed by atoms with van der Waals surface area (Å²) < 4.78 is 5.47. The van der Waals surface area contributed by atoms with Crippen LogP contribution in [0.1, 0.15) is 24.1 Å². The number of nitrogens with one attached hydrogen (secondary N) is 1. The molecule has 0 radical (unpaired) electrons. The van der Waals surface area contributed by atoms with Gasteiger partial charge in [-0.05, 0) is 18.2 Å². The monoisotopic (exact) mass is 242 g/mol. The molecule has 2 aromatic rings. The topological polar surface area (TPSA) is 87.9 Å². The third-order valence-electron chi connectivity index (χ3n) is 2.57. The largest absolute Gasteiger partial charge is 0.444 e. The number of hydrogen-bond acceptors (Lipinski definition) is 5. The van der Waals surface area contributed by atoms with E-state index in [0.29, 0.717) is 23.7 Å². The highest BCUT2D eigenvalue weighted by Gasteiger charge is 2.03. The first-order valence-corrected chi connectivity index (χ1v) is 5.70. The molecule has 1 aromatic carbocycles. The van der Waals surface area contributed by atoms with Crippen LogP contribution in [-0.4, -0.2) is 4.98 Å². The van der Waals surface area contributed by atoms with Gasteiger partial charge in [-0.3, -0.25) is 0 Å². The van der Waals surface area contributed by atoms with E-state index in [2.05, 4.69) is 10.3 Å². The number of rotatable bonds is 4. The predicted octanol–water partition coefficient (Wildman–Crippen LogP) is 2.30. The summed E-state index contributed by atoms with van der Waals surface area (Å²) in [5.41, 5.74) is 7.50. The van der Waals surface area contributed by atoms with E-state index in [1.165, 1.54) is 0 Å². The van der Waals surface area contributed by atoms with Crippen molar-refractivity contribution in [2.45, 2.75) is 19.9 Å². The summed E-state index contributed by atoms with van der Waals surface area (Å²) in [6.45, 7) is 2.50. The lowest BCUT2D eigenvalue weighted by Gasteiger charge is -2.05. The van der Waals surface area contributed by atoms with Gasteiger partial charge in [-0.15, -0.1) is 0 Å². The molecule has 0 saturated heterocycles. The van der Waals surface area contributed by atoms with Crippen LogP contribution < -0.4 is 11.1 Å². The molecule has 3 N–H and O–H groups in total. The van der Waals surface area contributed by atoms with Gasteiger partial charge in [0.05, 0.1) is 24.0 Å². The Morgan fingerprint density at radius 3 is 2.94 bits per heavy atom. The number of nitrogens with zero attached hydrogens (tertiary/aromatic N) is 2. The molecular formula is C13H14N4O. The van der Waals surface area contributed by atoms with Crippen molar-refractivity contribution in [3.05, 3.63) is 41.6 Å². The summed E-state index contributed by atoms with van der Waals surface area (Å²) in [6.07, 6.45) is 2.56. The van der Waals surface area contributed by atoms with Crippen molar-refractivity contribution in [1.82, 2.24) is 4.98 Å². The molecule has 18 heavy (non-hydrogen) atoms. The molecule has 0 unspecified atom stereocenters. The van der Waals surface area contributed by atoms with Gasteiger partial charge in [0.1, 0.15) is 11.8 Å². The number of nitriles is 1. The Balaban J connectivity index is 2.02. The number of benzene rings is 1. The minimum atomic E-state index is 0.462. The van der Waals surface area contributed by atoms with E-state index in [9.17, 15) is 0 Å². The van der Waals surface area contributed by atoms with E-state index in [-0.39, 0.29) is 0 Å². The zero-order chi connectivity index (χ0) is 13.0. The lowest BCUT2D eigenvalue weighted by atomic mass is 10.2. The Bertz CT molecular complexity index is 583. The zero-order valence-corrected chi connectivity index (χ0v) is 10.1. The second-order valence-electron chi connectivity index (χ2n) is 3.84. The molecule has 5 nitrogen and oxygen atoms in total. The Kier molecular flexibility index (Phi) is 3.49. The maximum absolute atomic E-state index is 8.77. The number of oxazole rings is 1. The summed E-state index contributed by atoms with van der Waals surface area (Å²) >= 11 is 0. The molecular weight excluding hydrogens is 228 g/mol. The highest BCUT2D eigenvalue weighted by molar-refractivity contribution is 5.62. The lowest BCUT2D eigenvalue weighted by Crippen LogP contribution is -2.01. The normalized spacial score (nSPS) is 10.0. The number of anilines is 2. The quantitative estimate of drug-likeness (QED) is 0.803. The van der Waals surface area contributed by atoms with Crippen molar-refractivity contribution in [2.75, 3.05) is 11.1 Å². The van der Waals surface area contributed by atoms with Gasteiger partial charge in [0.25, 0.3) is 0 Å². The molecule has 0 atom stereocenters. The lowest BCUT2D eigenvalue weighted by molar-refractivity contribution is 0.466. The maximum Gasteiger partial charge on any atom is 0.213 e. The fourth-order valence-corrected chi connectivity index (χ4v) is 1.55. The van der Waals surface area contributed by atoms with Crippen molar-refractivity contribution in [2.24, 2.45) is 0 Å². The fraction of sp³-hybridized carbons (Fsp3) is 0.231. The van der Waals surface area contributed by atoms with Crippen LogP contribution in [0.5, 0.6) is 0 Å². The molecule has 0 saturated carbocycles. The van der Waals surface area contributed by atoms with Crippen LogP contribution in [0.3, 0.4) is 0 Å². The van der Waals surface area contributed by atoms with Gasteiger partial charge in [-0.25, -0.2) is 4.98 Å². The highest BCUT2D eigenvalue weighted by atomic mass is 16.4. The number of nitrogen functional groups attached to an aromatic ring is 1. The van der Waals surface area contributed by atoms with Crippen LogP contribution in [0.4, 0.5) is 11.4 Å². The molecule has 5 heteroatoms. The molecule has 2 rings (SSSR count). The van der Waals surface area contributed by atoms with E-state index < -0.39 is 0 Å². The van der Waals surface area contributed by atoms with Gasteiger partial charge >= 0.3 is 0 Å². The van der Waals surface area contributed by atoms with Crippen molar-refractivity contribution in [3.8, 4) is 6.07 Å². The number of aryl methyl sites for hydroxylation is 1. The van der Waals surface area contributed by atoms with Crippen molar-refractivity contribution < 1.29 is 4.42 Å². The molecule has 0 bridgehead atoms. The van der Waals surface area contributed by atoms with Crippen LogP contribution in [0.25, 0.3) is 0 Å². The summed E-state index contributed by atoms with van der Waals surface area (Å²) in [4.78, 5) is 4.15. The van der Waals surface area contributed by atoms with Crippen LogP contribution >= 0.6 is 0 Å². The minimum absolute atomic E-state index is 0.462. The average Bonchev–Trinajstić information content (AvgIpc) is 2.84. The summed E-state index contributed by atoms with van der Waals surface area (Å²) in [5, 5.41) is 11.9. The number of hydrogen-bond donors (Lipinski definition) is 2. The second kappa shape index (κ2) is 5.23. The number of aromatic nitrogens is 1. The maximum atomic E-state index is 8.77. The average molecular weight is 242 g/mol. The molecule has 0 spiro atoms. The molecule has 92 valence electrons. The molecule has 1 aromatic heterocycles. The van der Waals surface area contributed by atoms with Crippen LogP contribution in [0.2, 0.25) is 0 Å². The smallest absolute Gasteiger partial charge is 0.213 e. The standard InChI is InChI=1S/C13H14N4O/c1-2-11-7-17-13(18-11)8-16-10-4-3-9(6-14)12(15)5-10/h3-5,7,16H,2,8,15H2,1H3. The molecule has 0 fully saturated rings. The Labute approximate surface area is 105 Å². The first-order valence-electron chi connectivity index (χ1n) is 5.70. The van der Waals surface area contributed by atoms with Crippen molar-refractivity contribution >= 4 is 11.4 Å². The van der Waals surface area contributed by atoms with Gasteiger partial charge in [-0.2, -0.15) is 5.26 Å². The fourth-order valence-electron chi connectivity index (χ4n) is 1.55. The van der Waals surface area contributed by atoms with Gasteiger partial charge in [0, 0.05) is 12.1 Å². The molecule has 1 heterocycles. The van der Waals surface area contributed by atoms with Crippen molar-refractivity contribution in [1.29, 1.82) is 5.26 Å². The molecule has 0 aliphatic rings. The van der Waals surface area contributed by atoms with Gasteiger partial charge in [0.15, 0.2) is 0 Å². The number of nitrogens with two attached hydrogens (primary N) is 1. The van der Waals surface area contributed by atoms with Gasteiger partial charge < -0.3 is 15.5 Å². The van der Waals surface area contributed by atoms with Gasteiger partial charge in [0.2, 0.25) is 5.89 Å². The zero-order valence-electron chi connectivity index (χ0n) is 10.1. The summed E-state index contributed by atoms with van der Waals surface area (Å²) in [7, 11) is 0. The van der Waals surface area contributed by atoms with Crippen LogP contribution in [0, 0.1) is 11.3 Å². The predicted molar refractivity (Wildman–Crippen MR) is 68.8 cm³/mol. The highest BCUT2D eigenvalue weighted by Crippen LogP contribution is 2.17. The Hall–Kier alpha value is -2.48. The first kappa shape index (κ1) is 12.0. The SMILES string of the molecule is CCc1cnc(CNc2ccc(C#N)c(N)c2)o1. The second-order valence-corrected chi connectivity index (χ2v) is 3.84. The van der Waals surface area contributed by atoms with E-state index >= 15 is 0 Å². The minimum Gasteiger partial charge on any atom is -0.444 e. The summed E-state index contributed by atoms with van der Waals surface area (Å²) in [5.74, 6) is 1.50.